The lowest BCUT2D eigenvalue weighted by Crippen LogP contribution is -2.20. The van der Waals surface area contributed by atoms with Gasteiger partial charge in [-0.15, -0.1) is 0 Å². The predicted molar refractivity (Wildman–Crippen MR) is 164 cm³/mol. The number of hydrogen-bond donors (Lipinski definition) is 2. The first-order valence-corrected chi connectivity index (χ1v) is 14.4. The molecule has 1 aliphatic heterocycles. The van der Waals surface area contributed by atoms with E-state index >= 15 is 0 Å². The lowest BCUT2D eigenvalue weighted by Gasteiger charge is -2.20. The van der Waals surface area contributed by atoms with Crippen LogP contribution in [0, 0.1) is 0 Å². The number of hydrogen-bond acceptors (Lipinski definition) is 7. The summed E-state index contributed by atoms with van der Waals surface area (Å²) in [4.78, 5) is 14.7. The fourth-order valence-corrected chi connectivity index (χ4v) is 5.26. The third-order valence-corrected chi connectivity index (χ3v) is 7.35. The van der Waals surface area contributed by atoms with E-state index in [1.54, 1.807) is 7.11 Å². The van der Waals surface area contributed by atoms with Crippen molar-refractivity contribution in [3.05, 3.63) is 108 Å². The lowest BCUT2D eigenvalue weighted by atomic mass is 9.91. The molecule has 8 nitrogen and oxygen atoms in total. The van der Waals surface area contributed by atoms with Crippen LogP contribution in [-0.4, -0.2) is 52.4 Å². The Morgan fingerprint density at radius 1 is 1.07 bits per heavy atom. The number of rotatable bonds is 13. The number of ether oxygens (including phenoxy) is 2. The third-order valence-electron chi connectivity index (χ3n) is 7.35. The van der Waals surface area contributed by atoms with E-state index < -0.39 is 0 Å². The van der Waals surface area contributed by atoms with Crippen LogP contribution < -0.4 is 10.6 Å². The minimum Gasteiger partial charge on any atom is -0.382 e. The summed E-state index contributed by atoms with van der Waals surface area (Å²) in [6.45, 7) is 6.67. The standard InChI is InChI=1S/C33H40N6O2/c1-4-5-12-24(2)19-34-21-29-37-32(31-33(38-29)39(23-36-31)30-18-17-27(41-30)22-40-3)35-20-28(25-13-8-6-9-14-25)26-15-10-7-11-16-26/h4-16,23,27-28,30,34H,17-22H2,1-3H3,(H,35,37,38)/b5-4-,24-12+. The van der Waals surface area contributed by atoms with Gasteiger partial charge in [-0.2, -0.15) is 0 Å². The molecule has 214 valence electrons. The van der Waals surface area contributed by atoms with Gasteiger partial charge in [0.1, 0.15) is 12.1 Å². The second-order valence-corrected chi connectivity index (χ2v) is 10.5. The van der Waals surface area contributed by atoms with Gasteiger partial charge in [0.25, 0.3) is 0 Å². The molecule has 1 fully saturated rings. The van der Waals surface area contributed by atoms with E-state index in [9.17, 15) is 0 Å². The summed E-state index contributed by atoms with van der Waals surface area (Å²) in [6.07, 6.45) is 9.80. The van der Waals surface area contributed by atoms with Crippen molar-refractivity contribution in [1.82, 2.24) is 24.8 Å². The number of fused-ring (bicyclic) bond motifs is 1. The van der Waals surface area contributed by atoms with Crippen LogP contribution in [0.5, 0.6) is 0 Å². The summed E-state index contributed by atoms with van der Waals surface area (Å²) in [5, 5.41) is 7.14. The predicted octanol–water partition coefficient (Wildman–Crippen LogP) is 6.01. The van der Waals surface area contributed by atoms with Crippen molar-refractivity contribution >= 4 is 17.0 Å². The number of benzene rings is 2. The third kappa shape index (κ3) is 7.27. The number of aromatic nitrogens is 4. The van der Waals surface area contributed by atoms with Crippen molar-refractivity contribution in [2.75, 3.05) is 32.1 Å². The molecule has 3 heterocycles. The van der Waals surface area contributed by atoms with Crippen LogP contribution in [0.25, 0.3) is 11.2 Å². The summed E-state index contributed by atoms with van der Waals surface area (Å²) in [6, 6.07) is 21.2. The first-order valence-electron chi connectivity index (χ1n) is 14.4. The van der Waals surface area contributed by atoms with Gasteiger partial charge in [-0.1, -0.05) is 84.5 Å². The van der Waals surface area contributed by atoms with E-state index in [-0.39, 0.29) is 18.2 Å². The van der Waals surface area contributed by atoms with Gasteiger partial charge in [-0.05, 0) is 37.8 Å². The Kier molecular flexibility index (Phi) is 9.91. The first kappa shape index (κ1) is 28.7. The van der Waals surface area contributed by atoms with Crippen molar-refractivity contribution in [1.29, 1.82) is 0 Å². The largest absolute Gasteiger partial charge is 0.382 e. The molecule has 0 spiro atoms. The highest BCUT2D eigenvalue weighted by Crippen LogP contribution is 2.32. The molecule has 1 aliphatic rings. The number of methoxy groups -OCH3 is 1. The van der Waals surface area contributed by atoms with Gasteiger partial charge < -0.3 is 20.1 Å². The molecule has 5 rings (SSSR count). The van der Waals surface area contributed by atoms with E-state index in [1.807, 2.05) is 23.9 Å². The Labute approximate surface area is 242 Å². The Balaban J connectivity index is 1.43. The van der Waals surface area contributed by atoms with E-state index in [0.717, 1.165) is 36.4 Å². The monoisotopic (exact) mass is 552 g/mol. The molecule has 4 aromatic rings. The molecule has 2 unspecified atom stereocenters. The number of nitrogens with zero attached hydrogens (tertiary/aromatic N) is 4. The highest BCUT2D eigenvalue weighted by Gasteiger charge is 2.29. The molecule has 2 atom stereocenters. The van der Waals surface area contributed by atoms with Gasteiger partial charge in [0.2, 0.25) is 0 Å². The molecular formula is C33H40N6O2. The summed E-state index contributed by atoms with van der Waals surface area (Å²) in [7, 11) is 1.71. The maximum Gasteiger partial charge on any atom is 0.167 e. The van der Waals surface area contributed by atoms with Crippen LogP contribution >= 0.6 is 0 Å². The maximum absolute atomic E-state index is 6.29. The first-order chi connectivity index (χ1) is 20.2. The fourth-order valence-electron chi connectivity index (χ4n) is 5.26. The number of nitrogens with one attached hydrogen (secondary N) is 2. The molecular weight excluding hydrogens is 512 g/mol. The van der Waals surface area contributed by atoms with Gasteiger partial charge >= 0.3 is 0 Å². The van der Waals surface area contributed by atoms with Crippen LogP contribution in [-0.2, 0) is 16.0 Å². The van der Waals surface area contributed by atoms with Gasteiger partial charge in [-0.25, -0.2) is 15.0 Å². The second-order valence-electron chi connectivity index (χ2n) is 10.5. The zero-order valence-corrected chi connectivity index (χ0v) is 24.2. The molecule has 1 saturated heterocycles. The van der Waals surface area contributed by atoms with Gasteiger partial charge in [0, 0.05) is 26.1 Å². The summed E-state index contributed by atoms with van der Waals surface area (Å²) < 4.78 is 13.7. The van der Waals surface area contributed by atoms with Crippen molar-refractivity contribution in [2.45, 2.75) is 51.5 Å². The van der Waals surface area contributed by atoms with Crippen molar-refractivity contribution in [3.63, 3.8) is 0 Å². The molecule has 2 aromatic carbocycles. The minimum absolute atomic E-state index is 0.0763. The van der Waals surface area contributed by atoms with Gasteiger partial charge in [-0.3, -0.25) is 4.57 Å². The molecule has 8 heteroatoms. The molecule has 0 saturated carbocycles. The zero-order chi connectivity index (χ0) is 28.4. The number of anilines is 1. The molecule has 2 aromatic heterocycles. The Morgan fingerprint density at radius 2 is 1.80 bits per heavy atom. The quantitative estimate of drug-likeness (QED) is 0.197. The molecule has 0 radical (unpaired) electrons. The van der Waals surface area contributed by atoms with Crippen LogP contribution in [0.4, 0.5) is 5.82 Å². The highest BCUT2D eigenvalue weighted by molar-refractivity contribution is 5.83. The van der Waals surface area contributed by atoms with Crippen molar-refractivity contribution < 1.29 is 9.47 Å². The summed E-state index contributed by atoms with van der Waals surface area (Å²) in [5.41, 5.74) is 5.26. The van der Waals surface area contributed by atoms with Crippen molar-refractivity contribution in [2.24, 2.45) is 0 Å². The minimum atomic E-state index is -0.129. The van der Waals surface area contributed by atoms with E-state index in [4.69, 9.17) is 24.4 Å². The summed E-state index contributed by atoms with van der Waals surface area (Å²) in [5.74, 6) is 1.59. The van der Waals surface area contributed by atoms with E-state index in [1.165, 1.54) is 16.7 Å². The number of allylic oxidation sites excluding steroid dienone is 3. The van der Waals surface area contributed by atoms with Crippen LogP contribution in [0.3, 0.4) is 0 Å². The highest BCUT2D eigenvalue weighted by atomic mass is 16.5. The SMILES string of the molecule is C/C=C\C=C(/C)CNCc1nc(NCC(c2ccccc2)c2ccccc2)c2ncn(C3CCC(COC)O3)c2n1. The lowest BCUT2D eigenvalue weighted by molar-refractivity contribution is -0.0300. The molecule has 41 heavy (non-hydrogen) atoms. The normalized spacial score (nSPS) is 17.7. The fraction of sp³-hybridized carbons (Fsp3) is 0.364. The van der Waals surface area contributed by atoms with Crippen LogP contribution in [0.15, 0.2) is 90.8 Å². The second kappa shape index (κ2) is 14.2. The molecule has 0 aliphatic carbocycles. The van der Waals surface area contributed by atoms with Crippen LogP contribution in [0.2, 0.25) is 0 Å². The zero-order valence-electron chi connectivity index (χ0n) is 24.2. The van der Waals surface area contributed by atoms with Crippen molar-refractivity contribution in [3.8, 4) is 0 Å². The maximum atomic E-state index is 6.29. The Hall–Kier alpha value is -3.85. The molecule has 0 bridgehead atoms. The molecule has 0 amide bonds. The van der Waals surface area contributed by atoms with Gasteiger partial charge in [0.05, 0.1) is 25.6 Å². The summed E-state index contributed by atoms with van der Waals surface area (Å²) >= 11 is 0. The smallest absolute Gasteiger partial charge is 0.167 e. The van der Waals surface area contributed by atoms with Crippen LogP contribution in [0.1, 0.15) is 55.8 Å². The van der Waals surface area contributed by atoms with E-state index in [0.29, 0.717) is 25.5 Å². The van der Waals surface area contributed by atoms with E-state index in [2.05, 4.69) is 90.4 Å². The van der Waals surface area contributed by atoms with Gasteiger partial charge in [0.15, 0.2) is 17.0 Å². The number of imidazole rings is 1. The Morgan fingerprint density at radius 3 is 2.49 bits per heavy atom. The topological polar surface area (TPSA) is 86.1 Å². The average Bonchev–Trinajstić information content (AvgIpc) is 3.64. The average molecular weight is 553 g/mol. The molecule has 2 N–H and O–H groups in total. The Bertz CT molecular complexity index is 1410.